The van der Waals surface area contributed by atoms with E-state index in [2.05, 4.69) is 22.8 Å². The van der Waals surface area contributed by atoms with Crippen molar-refractivity contribution in [3.8, 4) is 0 Å². The van der Waals surface area contributed by atoms with Crippen LogP contribution in [0, 0.1) is 5.92 Å². The number of aryl methyl sites for hydroxylation is 2. The lowest BCUT2D eigenvalue weighted by molar-refractivity contribution is -0.127. The minimum Gasteiger partial charge on any atom is -0.368 e. The van der Waals surface area contributed by atoms with Crippen molar-refractivity contribution in [2.75, 3.05) is 6.61 Å². The van der Waals surface area contributed by atoms with Crippen molar-refractivity contribution in [1.82, 2.24) is 10.6 Å². The molecule has 0 aliphatic carbocycles. The SMILES string of the molecule is CC(C)C[C@H](NC(=O)c1ccccc1CCc1ccccc1)C(=O)N[C@@H]1C(=O)CO[C@@H]1C. The lowest BCUT2D eigenvalue weighted by Crippen LogP contribution is -2.53. The number of carbonyl (C=O) groups is 3. The van der Waals surface area contributed by atoms with Crippen molar-refractivity contribution < 1.29 is 19.1 Å². The molecule has 0 radical (unpaired) electrons. The molecule has 2 amide bonds. The van der Waals surface area contributed by atoms with Gasteiger partial charge in [-0.15, -0.1) is 0 Å². The standard InChI is InChI=1S/C26H32N2O4/c1-17(2)15-22(26(31)28-24-18(3)32-16-23(24)29)27-25(30)21-12-8-7-11-20(21)14-13-19-9-5-4-6-10-19/h4-12,17-18,22,24H,13-16H2,1-3H3,(H,27,30)(H,28,31)/t18-,22+,24+/m1/s1. The first kappa shape index (κ1) is 23.7. The Morgan fingerprint density at radius 3 is 2.38 bits per heavy atom. The first-order chi connectivity index (χ1) is 15.3. The quantitative estimate of drug-likeness (QED) is 0.633. The molecule has 0 bridgehead atoms. The van der Waals surface area contributed by atoms with Gasteiger partial charge in [-0.25, -0.2) is 0 Å². The van der Waals surface area contributed by atoms with Crippen LogP contribution < -0.4 is 10.6 Å². The van der Waals surface area contributed by atoms with Crippen LogP contribution in [0.2, 0.25) is 0 Å². The summed E-state index contributed by atoms with van der Waals surface area (Å²) in [5, 5.41) is 5.68. The number of amides is 2. The molecule has 6 nitrogen and oxygen atoms in total. The Morgan fingerprint density at radius 1 is 1.03 bits per heavy atom. The fourth-order valence-corrected chi connectivity index (χ4v) is 3.94. The van der Waals surface area contributed by atoms with Crippen LogP contribution in [0.1, 0.15) is 48.7 Å². The van der Waals surface area contributed by atoms with Crippen molar-refractivity contribution >= 4 is 17.6 Å². The fraction of sp³-hybridized carbons (Fsp3) is 0.423. The van der Waals surface area contributed by atoms with Crippen LogP contribution in [0.5, 0.6) is 0 Å². The van der Waals surface area contributed by atoms with Gasteiger partial charge in [0.15, 0.2) is 5.78 Å². The van der Waals surface area contributed by atoms with Crippen LogP contribution >= 0.6 is 0 Å². The zero-order chi connectivity index (χ0) is 23.1. The Morgan fingerprint density at radius 2 is 1.72 bits per heavy atom. The second-order valence-corrected chi connectivity index (χ2v) is 8.77. The Labute approximate surface area is 189 Å². The second kappa shape index (κ2) is 11.0. The third-order valence-corrected chi connectivity index (χ3v) is 5.72. The number of ketones is 1. The van der Waals surface area contributed by atoms with E-state index in [1.165, 1.54) is 5.56 Å². The molecule has 170 valence electrons. The van der Waals surface area contributed by atoms with Crippen molar-refractivity contribution in [1.29, 1.82) is 0 Å². The summed E-state index contributed by atoms with van der Waals surface area (Å²) in [7, 11) is 0. The summed E-state index contributed by atoms with van der Waals surface area (Å²) in [5.41, 5.74) is 2.71. The summed E-state index contributed by atoms with van der Waals surface area (Å²) in [6.07, 6.45) is 1.64. The minimum atomic E-state index is -0.731. The zero-order valence-electron chi connectivity index (χ0n) is 19.0. The summed E-state index contributed by atoms with van der Waals surface area (Å²) in [4.78, 5) is 38.1. The highest BCUT2D eigenvalue weighted by molar-refractivity contribution is 5.99. The van der Waals surface area contributed by atoms with Gasteiger partial charge in [0, 0.05) is 5.56 Å². The Hall–Kier alpha value is -2.99. The average Bonchev–Trinajstić information content (AvgIpc) is 3.09. The topological polar surface area (TPSA) is 84.5 Å². The monoisotopic (exact) mass is 436 g/mol. The van der Waals surface area contributed by atoms with Gasteiger partial charge in [0.25, 0.3) is 5.91 Å². The van der Waals surface area contributed by atoms with E-state index in [0.717, 1.165) is 18.4 Å². The summed E-state index contributed by atoms with van der Waals surface area (Å²) < 4.78 is 5.32. The first-order valence-corrected chi connectivity index (χ1v) is 11.2. The largest absolute Gasteiger partial charge is 0.368 e. The van der Waals surface area contributed by atoms with E-state index in [-0.39, 0.29) is 36.2 Å². The molecule has 2 N–H and O–H groups in total. The molecular weight excluding hydrogens is 404 g/mol. The number of rotatable bonds is 9. The van der Waals surface area contributed by atoms with Crippen LogP contribution in [0.4, 0.5) is 0 Å². The molecule has 1 saturated heterocycles. The van der Waals surface area contributed by atoms with E-state index in [4.69, 9.17) is 4.74 Å². The summed E-state index contributed by atoms with van der Waals surface area (Å²) in [5.74, 6) is -0.597. The molecule has 0 unspecified atom stereocenters. The normalized spacial score (nSPS) is 19.1. The van der Waals surface area contributed by atoms with E-state index in [1.807, 2.05) is 50.2 Å². The average molecular weight is 437 g/mol. The molecule has 1 fully saturated rings. The van der Waals surface area contributed by atoms with E-state index in [0.29, 0.717) is 12.0 Å². The van der Waals surface area contributed by atoms with Crippen LogP contribution in [-0.2, 0) is 27.2 Å². The minimum absolute atomic E-state index is 0.00209. The summed E-state index contributed by atoms with van der Waals surface area (Å²) in [6.45, 7) is 5.75. The predicted molar refractivity (Wildman–Crippen MR) is 123 cm³/mol. The lowest BCUT2D eigenvalue weighted by atomic mass is 9.98. The molecule has 1 aliphatic heterocycles. The summed E-state index contributed by atoms with van der Waals surface area (Å²) in [6, 6.07) is 16.2. The Kier molecular flexibility index (Phi) is 8.17. The maximum atomic E-state index is 13.2. The third-order valence-electron chi connectivity index (χ3n) is 5.72. The van der Waals surface area contributed by atoms with Crippen molar-refractivity contribution in [2.24, 2.45) is 5.92 Å². The zero-order valence-corrected chi connectivity index (χ0v) is 19.0. The van der Waals surface area contributed by atoms with Gasteiger partial charge in [-0.3, -0.25) is 14.4 Å². The Bertz CT molecular complexity index is 942. The van der Waals surface area contributed by atoms with Crippen LogP contribution in [0.15, 0.2) is 54.6 Å². The highest BCUT2D eigenvalue weighted by atomic mass is 16.5. The van der Waals surface area contributed by atoms with Gasteiger partial charge in [-0.1, -0.05) is 62.4 Å². The van der Waals surface area contributed by atoms with Gasteiger partial charge < -0.3 is 15.4 Å². The second-order valence-electron chi connectivity index (χ2n) is 8.77. The first-order valence-electron chi connectivity index (χ1n) is 11.2. The van der Waals surface area contributed by atoms with Crippen LogP contribution in [-0.4, -0.2) is 42.4 Å². The molecule has 2 aromatic carbocycles. The maximum Gasteiger partial charge on any atom is 0.252 e. The number of ether oxygens (including phenoxy) is 1. The summed E-state index contributed by atoms with van der Waals surface area (Å²) >= 11 is 0. The number of nitrogens with one attached hydrogen (secondary N) is 2. The Balaban J connectivity index is 1.70. The fourth-order valence-electron chi connectivity index (χ4n) is 3.94. The molecule has 1 aliphatic rings. The molecule has 2 aromatic rings. The van der Waals surface area contributed by atoms with Crippen LogP contribution in [0.25, 0.3) is 0 Å². The molecule has 32 heavy (non-hydrogen) atoms. The molecule has 6 heteroatoms. The van der Waals surface area contributed by atoms with Gasteiger partial charge in [-0.2, -0.15) is 0 Å². The van der Waals surface area contributed by atoms with Crippen molar-refractivity contribution in [3.05, 3.63) is 71.3 Å². The molecular formula is C26H32N2O4. The number of benzene rings is 2. The molecule has 1 heterocycles. The van der Waals surface area contributed by atoms with E-state index < -0.39 is 12.1 Å². The number of Topliss-reactive ketones (excluding diaryl/α,β-unsaturated/α-hetero) is 1. The van der Waals surface area contributed by atoms with Crippen molar-refractivity contribution in [3.63, 3.8) is 0 Å². The van der Waals surface area contributed by atoms with Gasteiger partial charge in [0.2, 0.25) is 5.91 Å². The van der Waals surface area contributed by atoms with Crippen LogP contribution in [0.3, 0.4) is 0 Å². The molecule has 3 rings (SSSR count). The molecule has 0 spiro atoms. The number of hydrogen-bond donors (Lipinski definition) is 2. The molecule has 3 atom stereocenters. The van der Waals surface area contributed by atoms with Gasteiger partial charge in [-0.05, 0) is 49.3 Å². The maximum absolute atomic E-state index is 13.2. The number of hydrogen-bond acceptors (Lipinski definition) is 4. The third kappa shape index (κ3) is 6.26. The molecule has 0 aromatic heterocycles. The lowest BCUT2D eigenvalue weighted by Gasteiger charge is -2.23. The number of carbonyl (C=O) groups excluding carboxylic acids is 3. The highest BCUT2D eigenvalue weighted by Crippen LogP contribution is 2.15. The van der Waals surface area contributed by atoms with E-state index in [9.17, 15) is 14.4 Å². The van der Waals surface area contributed by atoms with Gasteiger partial charge >= 0.3 is 0 Å². The van der Waals surface area contributed by atoms with E-state index >= 15 is 0 Å². The van der Waals surface area contributed by atoms with E-state index in [1.54, 1.807) is 13.0 Å². The predicted octanol–water partition coefficient (Wildman–Crippen LogP) is 3.09. The van der Waals surface area contributed by atoms with Crippen molar-refractivity contribution in [2.45, 2.75) is 58.2 Å². The van der Waals surface area contributed by atoms with Gasteiger partial charge in [0.05, 0.1) is 6.10 Å². The van der Waals surface area contributed by atoms with Gasteiger partial charge in [0.1, 0.15) is 18.7 Å². The highest BCUT2D eigenvalue weighted by Gasteiger charge is 2.35. The smallest absolute Gasteiger partial charge is 0.252 e. The molecule has 0 saturated carbocycles.